The lowest BCUT2D eigenvalue weighted by Gasteiger charge is -2.26. The molecule has 0 aromatic carbocycles. The molecule has 2 aliphatic rings. The predicted molar refractivity (Wildman–Crippen MR) is 57.9 cm³/mol. The van der Waals surface area contributed by atoms with Gasteiger partial charge in [0, 0.05) is 12.8 Å². The van der Waals surface area contributed by atoms with Crippen LogP contribution in [-0.4, -0.2) is 11.6 Å². The minimum Gasteiger partial charge on any atom is -0.462 e. The second-order valence-electron chi connectivity index (χ2n) is 4.59. The van der Waals surface area contributed by atoms with Crippen LogP contribution in [0.5, 0.6) is 0 Å². The van der Waals surface area contributed by atoms with Gasteiger partial charge < -0.3 is 4.42 Å². The number of allylic oxidation sites excluding steroid dienone is 1. The van der Waals surface area contributed by atoms with Crippen molar-refractivity contribution in [3.63, 3.8) is 0 Å². The van der Waals surface area contributed by atoms with E-state index in [4.69, 9.17) is 4.42 Å². The van der Waals surface area contributed by atoms with Crippen LogP contribution in [0.4, 0.5) is 0 Å². The number of hydrogen-bond acceptors (Lipinski definition) is 3. The number of ketones is 2. The van der Waals surface area contributed by atoms with Crippen molar-refractivity contribution >= 4 is 17.6 Å². The van der Waals surface area contributed by atoms with E-state index in [1.54, 1.807) is 0 Å². The third kappa shape index (κ3) is 1.35. The summed E-state index contributed by atoms with van der Waals surface area (Å²) < 4.78 is 5.54. The number of Topliss-reactive ketones (excluding diaryl/α,β-unsaturated/α-hetero) is 2. The number of rotatable bonds is 0. The van der Waals surface area contributed by atoms with Crippen molar-refractivity contribution < 1.29 is 14.0 Å². The quantitative estimate of drug-likeness (QED) is 0.624. The van der Waals surface area contributed by atoms with Gasteiger partial charge in [-0.1, -0.05) is 5.57 Å². The highest BCUT2D eigenvalue weighted by molar-refractivity contribution is 6.38. The van der Waals surface area contributed by atoms with E-state index in [0.717, 1.165) is 29.1 Å². The zero-order valence-corrected chi connectivity index (χ0v) is 9.08. The van der Waals surface area contributed by atoms with Gasteiger partial charge in [0.1, 0.15) is 11.5 Å². The molecule has 0 amide bonds. The van der Waals surface area contributed by atoms with Crippen LogP contribution in [0.2, 0.25) is 0 Å². The Kier molecular flexibility index (Phi) is 1.90. The maximum atomic E-state index is 11.4. The Hall–Kier alpha value is -1.64. The van der Waals surface area contributed by atoms with E-state index in [1.165, 1.54) is 0 Å². The lowest BCUT2D eigenvalue weighted by molar-refractivity contribution is -0.137. The van der Waals surface area contributed by atoms with Gasteiger partial charge in [0.15, 0.2) is 5.78 Å². The third-order valence-electron chi connectivity index (χ3n) is 3.38. The van der Waals surface area contributed by atoms with Crippen molar-refractivity contribution in [1.29, 1.82) is 0 Å². The summed E-state index contributed by atoms with van der Waals surface area (Å²) in [5.41, 5.74) is 2.22. The van der Waals surface area contributed by atoms with Gasteiger partial charge in [-0.15, -0.1) is 0 Å². The standard InChI is InChI=1S/C13H12O3/c1-7-2-10-3-8-4-11(14)12(15)5-9(8)6-13(10)16-7/h2,6,8H,3-5H2,1H3. The molecule has 16 heavy (non-hydrogen) atoms. The Morgan fingerprint density at radius 2 is 2.06 bits per heavy atom. The third-order valence-corrected chi connectivity index (χ3v) is 3.38. The first-order chi connectivity index (χ1) is 7.63. The molecule has 0 saturated heterocycles. The highest BCUT2D eigenvalue weighted by Crippen LogP contribution is 2.36. The van der Waals surface area contributed by atoms with Crippen LogP contribution in [0.15, 0.2) is 16.1 Å². The summed E-state index contributed by atoms with van der Waals surface area (Å²) in [5, 5.41) is 0. The Balaban J connectivity index is 2.02. The van der Waals surface area contributed by atoms with Crippen LogP contribution in [0.1, 0.15) is 29.9 Å². The SMILES string of the molecule is Cc1cc2c(o1)C=C1CC(=O)C(=O)CC1C2. The predicted octanol–water partition coefficient (Wildman–Crippen LogP) is 2.08. The van der Waals surface area contributed by atoms with E-state index >= 15 is 0 Å². The monoisotopic (exact) mass is 216 g/mol. The number of aryl methyl sites for hydroxylation is 1. The second-order valence-corrected chi connectivity index (χ2v) is 4.59. The Morgan fingerprint density at radius 3 is 2.88 bits per heavy atom. The molecule has 0 spiro atoms. The zero-order valence-electron chi connectivity index (χ0n) is 9.08. The van der Waals surface area contributed by atoms with Crippen LogP contribution < -0.4 is 0 Å². The van der Waals surface area contributed by atoms with Gasteiger partial charge in [-0.05, 0) is 37.0 Å². The summed E-state index contributed by atoms with van der Waals surface area (Å²) in [4.78, 5) is 22.7. The molecule has 1 heterocycles. The second kappa shape index (κ2) is 3.17. The van der Waals surface area contributed by atoms with Crippen LogP contribution in [-0.2, 0) is 16.0 Å². The Bertz CT molecular complexity index is 519. The summed E-state index contributed by atoms with van der Waals surface area (Å²) in [6, 6.07) is 2.02. The molecule has 3 heteroatoms. The summed E-state index contributed by atoms with van der Waals surface area (Å²) in [6.07, 6.45) is 3.43. The Morgan fingerprint density at radius 1 is 1.25 bits per heavy atom. The molecular formula is C13H12O3. The van der Waals surface area contributed by atoms with Gasteiger partial charge in [-0.25, -0.2) is 0 Å². The number of hydrogen-bond donors (Lipinski definition) is 0. The number of fused-ring (bicyclic) bond motifs is 2. The van der Waals surface area contributed by atoms with E-state index in [0.29, 0.717) is 6.42 Å². The van der Waals surface area contributed by atoms with Gasteiger partial charge in [-0.2, -0.15) is 0 Å². The topological polar surface area (TPSA) is 47.3 Å². The van der Waals surface area contributed by atoms with E-state index in [9.17, 15) is 9.59 Å². The first kappa shape index (κ1) is 9.58. The lowest BCUT2D eigenvalue weighted by atomic mass is 9.76. The van der Waals surface area contributed by atoms with Crippen LogP contribution in [0.25, 0.3) is 6.08 Å². The number of carbonyl (C=O) groups excluding carboxylic acids is 2. The fourth-order valence-corrected chi connectivity index (χ4v) is 2.57. The fourth-order valence-electron chi connectivity index (χ4n) is 2.57. The molecule has 3 rings (SSSR count). The van der Waals surface area contributed by atoms with Crippen molar-refractivity contribution in [2.75, 3.05) is 0 Å². The van der Waals surface area contributed by atoms with E-state index in [-0.39, 0.29) is 23.9 Å². The van der Waals surface area contributed by atoms with Crippen molar-refractivity contribution in [2.45, 2.75) is 26.2 Å². The van der Waals surface area contributed by atoms with Gasteiger partial charge in [0.05, 0.1) is 0 Å². The molecular weight excluding hydrogens is 204 g/mol. The highest BCUT2D eigenvalue weighted by atomic mass is 16.3. The van der Waals surface area contributed by atoms with Crippen molar-refractivity contribution in [2.24, 2.45) is 5.92 Å². The molecule has 1 saturated carbocycles. The van der Waals surface area contributed by atoms with Crippen molar-refractivity contribution in [1.82, 2.24) is 0 Å². The normalized spacial score (nSPS) is 23.8. The van der Waals surface area contributed by atoms with Crippen molar-refractivity contribution in [3.05, 3.63) is 28.7 Å². The van der Waals surface area contributed by atoms with Crippen molar-refractivity contribution in [3.8, 4) is 0 Å². The minimum atomic E-state index is -0.255. The summed E-state index contributed by atoms with van der Waals surface area (Å²) in [5.74, 6) is 1.50. The first-order valence-electron chi connectivity index (χ1n) is 5.49. The summed E-state index contributed by atoms with van der Waals surface area (Å²) in [7, 11) is 0. The molecule has 0 bridgehead atoms. The molecule has 0 radical (unpaired) electrons. The largest absolute Gasteiger partial charge is 0.462 e. The molecule has 1 atom stereocenters. The number of carbonyl (C=O) groups is 2. The Labute approximate surface area is 93.1 Å². The molecule has 0 aliphatic heterocycles. The molecule has 1 aromatic heterocycles. The average molecular weight is 216 g/mol. The molecule has 1 fully saturated rings. The van der Waals surface area contributed by atoms with E-state index < -0.39 is 0 Å². The van der Waals surface area contributed by atoms with Gasteiger partial charge in [-0.3, -0.25) is 9.59 Å². The smallest absolute Gasteiger partial charge is 0.202 e. The van der Waals surface area contributed by atoms with Gasteiger partial charge >= 0.3 is 0 Å². The van der Waals surface area contributed by atoms with Crippen LogP contribution in [0.3, 0.4) is 0 Å². The summed E-state index contributed by atoms with van der Waals surface area (Å²) >= 11 is 0. The van der Waals surface area contributed by atoms with Crippen LogP contribution in [0, 0.1) is 12.8 Å². The molecule has 3 nitrogen and oxygen atoms in total. The maximum Gasteiger partial charge on any atom is 0.202 e. The van der Waals surface area contributed by atoms with Gasteiger partial charge in [0.2, 0.25) is 5.78 Å². The summed E-state index contributed by atoms with van der Waals surface area (Å²) in [6.45, 7) is 1.91. The maximum absolute atomic E-state index is 11.4. The minimum absolute atomic E-state index is 0.217. The van der Waals surface area contributed by atoms with Gasteiger partial charge in [0.25, 0.3) is 0 Å². The average Bonchev–Trinajstić information content (AvgIpc) is 2.56. The molecule has 2 aliphatic carbocycles. The lowest BCUT2D eigenvalue weighted by Crippen LogP contribution is -2.29. The van der Waals surface area contributed by atoms with E-state index in [2.05, 4.69) is 0 Å². The number of furan rings is 1. The van der Waals surface area contributed by atoms with E-state index in [1.807, 2.05) is 19.1 Å². The first-order valence-corrected chi connectivity index (χ1v) is 5.49. The highest BCUT2D eigenvalue weighted by Gasteiger charge is 2.33. The zero-order chi connectivity index (χ0) is 11.3. The molecule has 1 aromatic rings. The fraction of sp³-hybridized carbons (Fsp3) is 0.385. The molecule has 0 N–H and O–H groups in total. The molecule has 82 valence electrons. The molecule has 1 unspecified atom stereocenters. The van der Waals surface area contributed by atoms with Crippen LogP contribution >= 0.6 is 0 Å².